The lowest BCUT2D eigenvalue weighted by Crippen LogP contribution is -2.18. The van der Waals surface area contributed by atoms with Gasteiger partial charge >= 0.3 is 5.97 Å². The minimum absolute atomic E-state index is 0.321. The molecule has 0 saturated heterocycles. The van der Waals surface area contributed by atoms with Crippen LogP contribution in [0.25, 0.3) is 0 Å². The molecule has 0 amide bonds. The van der Waals surface area contributed by atoms with Crippen LogP contribution in [-0.2, 0) is 11.2 Å². The van der Waals surface area contributed by atoms with Crippen molar-refractivity contribution in [3.8, 4) is 0 Å². The summed E-state index contributed by atoms with van der Waals surface area (Å²) < 4.78 is 4.96. The second-order valence-corrected chi connectivity index (χ2v) is 3.44. The third kappa shape index (κ3) is 1.93. The van der Waals surface area contributed by atoms with Gasteiger partial charge in [-0.2, -0.15) is 0 Å². The maximum absolute atomic E-state index is 11.6. The number of esters is 1. The van der Waals surface area contributed by atoms with Crippen molar-refractivity contribution in [3.05, 3.63) is 23.5 Å². The summed E-state index contributed by atoms with van der Waals surface area (Å²) in [4.78, 5) is 15.7. The van der Waals surface area contributed by atoms with E-state index in [1.54, 1.807) is 13.1 Å². The largest absolute Gasteiger partial charge is 0.461 e. The summed E-state index contributed by atoms with van der Waals surface area (Å²) in [5.41, 5.74) is 2.46. The van der Waals surface area contributed by atoms with Crippen molar-refractivity contribution in [2.24, 2.45) is 0 Å². The summed E-state index contributed by atoms with van der Waals surface area (Å²) in [6.45, 7) is 3.14. The number of ether oxygens (including phenoxy) is 1. The number of hydrogen-bond donors (Lipinski definition) is 1. The zero-order chi connectivity index (χ0) is 10.7. The van der Waals surface area contributed by atoms with Crippen molar-refractivity contribution in [1.29, 1.82) is 0 Å². The first kappa shape index (κ1) is 9.96. The molecule has 1 aromatic rings. The molecule has 4 heteroatoms. The molecule has 4 nitrogen and oxygen atoms in total. The van der Waals surface area contributed by atoms with Crippen LogP contribution in [0.2, 0.25) is 0 Å². The molecular formula is C11H14N2O2. The highest BCUT2D eigenvalue weighted by molar-refractivity contribution is 5.90. The second kappa shape index (κ2) is 4.29. The van der Waals surface area contributed by atoms with E-state index in [0.29, 0.717) is 12.3 Å². The first-order valence-electron chi connectivity index (χ1n) is 5.21. The zero-order valence-corrected chi connectivity index (χ0v) is 8.75. The van der Waals surface area contributed by atoms with Crippen molar-refractivity contribution < 1.29 is 9.53 Å². The number of aromatic nitrogens is 1. The Labute approximate surface area is 88.7 Å². The first-order valence-corrected chi connectivity index (χ1v) is 5.21. The number of nitrogens with zero attached hydrogens (tertiary/aromatic N) is 1. The Bertz CT molecular complexity index is 377. The molecule has 1 N–H and O–H groups in total. The van der Waals surface area contributed by atoms with Crippen LogP contribution in [0.5, 0.6) is 0 Å². The first-order chi connectivity index (χ1) is 7.33. The predicted molar refractivity (Wildman–Crippen MR) is 57.0 cm³/mol. The van der Waals surface area contributed by atoms with Gasteiger partial charge in [0.2, 0.25) is 0 Å². The van der Waals surface area contributed by atoms with Crippen LogP contribution >= 0.6 is 0 Å². The molecule has 0 atom stereocenters. The predicted octanol–water partition coefficient (Wildman–Crippen LogP) is 1.62. The Morgan fingerprint density at radius 2 is 2.53 bits per heavy atom. The van der Waals surface area contributed by atoms with Crippen molar-refractivity contribution in [2.45, 2.75) is 19.8 Å². The van der Waals surface area contributed by atoms with Gasteiger partial charge in [0.25, 0.3) is 0 Å². The fraction of sp³-hybridized carbons (Fsp3) is 0.455. The normalized spacial score (nSPS) is 13.9. The van der Waals surface area contributed by atoms with Crippen molar-refractivity contribution in [2.75, 3.05) is 18.5 Å². The van der Waals surface area contributed by atoms with E-state index in [9.17, 15) is 4.79 Å². The van der Waals surface area contributed by atoms with E-state index in [1.165, 1.54) is 0 Å². The summed E-state index contributed by atoms with van der Waals surface area (Å²) in [7, 11) is 0. The van der Waals surface area contributed by atoms with Crippen molar-refractivity contribution in [1.82, 2.24) is 4.98 Å². The summed E-state index contributed by atoms with van der Waals surface area (Å²) >= 11 is 0. The van der Waals surface area contributed by atoms with Crippen molar-refractivity contribution >= 4 is 11.7 Å². The number of fused-ring (bicyclic) bond motifs is 1. The molecule has 0 unspecified atom stereocenters. The van der Waals surface area contributed by atoms with Crippen LogP contribution < -0.4 is 5.32 Å². The Morgan fingerprint density at radius 3 is 3.33 bits per heavy atom. The molecule has 80 valence electrons. The zero-order valence-electron chi connectivity index (χ0n) is 8.75. The Balaban J connectivity index is 2.34. The molecule has 15 heavy (non-hydrogen) atoms. The monoisotopic (exact) mass is 206 g/mol. The average molecular weight is 206 g/mol. The number of hydrogen-bond acceptors (Lipinski definition) is 4. The third-order valence-corrected chi connectivity index (χ3v) is 2.44. The van der Waals surface area contributed by atoms with E-state index in [2.05, 4.69) is 10.3 Å². The fourth-order valence-electron chi connectivity index (χ4n) is 1.77. The van der Waals surface area contributed by atoms with E-state index < -0.39 is 0 Å². The van der Waals surface area contributed by atoms with Gasteiger partial charge in [-0.1, -0.05) is 0 Å². The Hall–Kier alpha value is -1.58. The molecule has 0 spiro atoms. The number of nitrogens with one attached hydrogen (secondary N) is 1. The molecule has 1 aromatic heterocycles. The lowest BCUT2D eigenvalue weighted by Gasteiger charge is -2.19. The van der Waals surface area contributed by atoms with Crippen LogP contribution in [0.4, 0.5) is 5.69 Å². The second-order valence-electron chi connectivity index (χ2n) is 3.44. The van der Waals surface area contributed by atoms with E-state index in [0.717, 1.165) is 30.6 Å². The number of pyridine rings is 1. The smallest absolute Gasteiger partial charge is 0.357 e. The van der Waals surface area contributed by atoms with E-state index in [4.69, 9.17) is 4.74 Å². The van der Waals surface area contributed by atoms with Crippen LogP contribution in [0, 0.1) is 0 Å². The highest BCUT2D eigenvalue weighted by Crippen LogP contribution is 2.23. The van der Waals surface area contributed by atoms with Gasteiger partial charge in [-0.15, -0.1) is 0 Å². The van der Waals surface area contributed by atoms with Crippen LogP contribution in [0.15, 0.2) is 12.3 Å². The molecule has 2 heterocycles. The minimum Gasteiger partial charge on any atom is -0.461 e. The van der Waals surface area contributed by atoms with Gasteiger partial charge in [-0.3, -0.25) is 0 Å². The van der Waals surface area contributed by atoms with E-state index in [-0.39, 0.29) is 5.97 Å². The van der Waals surface area contributed by atoms with Gasteiger partial charge in [0.15, 0.2) is 5.69 Å². The summed E-state index contributed by atoms with van der Waals surface area (Å²) in [6.07, 6.45) is 3.57. The highest BCUT2D eigenvalue weighted by Gasteiger charge is 2.19. The van der Waals surface area contributed by atoms with E-state index in [1.807, 2.05) is 6.07 Å². The average Bonchev–Trinajstić information content (AvgIpc) is 2.28. The SMILES string of the molecule is CCOC(=O)c1nccc2c1CCCN2. The van der Waals surface area contributed by atoms with Gasteiger partial charge in [0.1, 0.15) is 0 Å². The summed E-state index contributed by atoms with van der Waals surface area (Å²) in [5, 5.41) is 3.25. The third-order valence-electron chi connectivity index (χ3n) is 2.44. The van der Waals surface area contributed by atoms with Crippen LogP contribution in [-0.4, -0.2) is 24.1 Å². The fourth-order valence-corrected chi connectivity index (χ4v) is 1.77. The Kier molecular flexibility index (Phi) is 2.85. The molecule has 1 aliphatic heterocycles. The van der Waals surface area contributed by atoms with E-state index >= 15 is 0 Å². The molecule has 0 radical (unpaired) electrons. The summed E-state index contributed by atoms with van der Waals surface area (Å²) in [6, 6.07) is 1.90. The maximum Gasteiger partial charge on any atom is 0.357 e. The molecule has 0 aromatic carbocycles. The topological polar surface area (TPSA) is 51.2 Å². The number of carbonyl (C=O) groups is 1. The lowest BCUT2D eigenvalue weighted by atomic mass is 10.0. The molecule has 0 fully saturated rings. The minimum atomic E-state index is -0.321. The highest BCUT2D eigenvalue weighted by atomic mass is 16.5. The molecule has 0 aliphatic carbocycles. The van der Waals surface area contributed by atoms with Gasteiger partial charge < -0.3 is 10.1 Å². The lowest BCUT2D eigenvalue weighted by molar-refractivity contribution is 0.0518. The van der Waals surface area contributed by atoms with Crippen molar-refractivity contribution in [3.63, 3.8) is 0 Å². The molecule has 1 aliphatic rings. The molecular weight excluding hydrogens is 192 g/mol. The van der Waals surface area contributed by atoms with Gasteiger partial charge in [0, 0.05) is 24.0 Å². The van der Waals surface area contributed by atoms with Crippen LogP contribution in [0.1, 0.15) is 29.4 Å². The van der Waals surface area contributed by atoms with Crippen LogP contribution in [0.3, 0.4) is 0 Å². The number of anilines is 1. The van der Waals surface area contributed by atoms with Gasteiger partial charge in [-0.25, -0.2) is 9.78 Å². The Morgan fingerprint density at radius 1 is 1.67 bits per heavy atom. The standard InChI is InChI=1S/C11H14N2O2/c1-2-15-11(14)10-8-4-3-6-12-9(8)5-7-13-10/h5,7,12H,2-4,6H2,1H3. The molecule has 2 rings (SSSR count). The van der Waals surface area contributed by atoms with Gasteiger partial charge in [-0.05, 0) is 25.8 Å². The number of rotatable bonds is 2. The molecule has 0 bridgehead atoms. The maximum atomic E-state index is 11.6. The number of carbonyl (C=O) groups excluding carboxylic acids is 1. The molecule has 0 saturated carbocycles. The quantitative estimate of drug-likeness (QED) is 0.747. The summed E-state index contributed by atoms with van der Waals surface area (Å²) in [5.74, 6) is -0.321. The van der Waals surface area contributed by atoms with Gasteiger partial charge in [0.05, 0.1) is 6.61 Å².